The first-order chi connectivity index (χ1) is 8.08. The molecular weight excluding hydrogens is 218 g/mol. The van der Waals surface area contributed by atoms with Crippen LogP contribution in [0.4, 0.5) is 5.82 Å². The average molecular weight is 235 g/mol. The van der Waals surface area contributed by atoms with E-state index >= 15 is 0 Å². The molecule has 5 heteroatoms. The number of hydrogen-bond donors (Lipinski definition) is 2. The minimum atomic E-state index is -0.811. The van der Waals surface area contributed by atoms with Crippen molar-refractivity contribution >= 4 is 11.8 Å². The fraction of sp³-hybridized carbons (Fsp3) is 0.583. The van der Waals surface area contributed by atoms with E-state index in [1.54, 1.807) is 13.0 Å². The summed E-state index contributed by atoms with van der Waals surface area (Å²) in [5.74, 6) is -0.293. The summed E-state index contributed by atoms with van der Waals surface area (Å²) in [6, 6.07) is 1.59. The lowest BCUT2D eigenvalue weighted by Gasteiger charge is -2.19. The Balaban J connectivity index is 2.34. The summed E-state index contributed by atoms with van der Waals surface area (Å²) >= 11 is 0. The third-order valence-corrected chi connectivity index (χ3v) is 3.33. The van der Waals surface area contributed by atoms with Crippen molar-refractivity contribution in [3.63, 3.8) is 0 Å². The number of nitrogens with zero attached hydrogens (tertiary/aromatic N) is 2. The smallest absolute Gasteiger partial charge is 0.312 e. The second-order valence-corrected chi connectivity index (χ2v) is 4.63. The zero-order chi connectivity index (χ0) is 12.4. The molecule has 0 aliphatic heterocycles. The minimum absolute atomic E-state index is 0.182. The Kier molecular flexibility index (Phi) is 3.26. The van der Waals surface area contributed by atoms with Gasteiger partial charge in [0.05, 0.1) is 5.69 Å². The van der Waals surface area contributed by atoms with Gasteiger partial charge < -0.3 is 10.8 Å². The van der Waals surface area contributed by atoms with Crippen molar-refractivity contribution in [2.24, 2.45) is 5.92 Å². The molecule has 0 amide bonds. The molecular formula is C12H17N3O2. The second-order valence-electron chi connectivity index (χ2n) is 4.63. The maximum absolute atomic E-state index is 11.4. The van der Waals surface area contributed by atoms with Gasteiger partial charge in [0, 0.05) is 6.07 Å². The maximum Gasteiger partial charge on any atom is 0.312 e. The minimum Gasteiger partial charge on any atom is -0.481 e. The first-order valence-electron chi connectivity index (χ1n) is 5.92. The SMILES string of the molecule is Cc1nc(N)cc(C(C(=O)O)C2CCCC2)n1. The standard InChI is InChI=1S/C12H17N3O2/c1-7-14-9(6-10(13)15-7)11(12(16)17)8-4-2-3-5-8/h6,8,11H,2-5H2,1H3,(H,16,17)(H2,13,14,15). The molecule has 0 saturated heterocycles. The van der Waals surface area contributed by atoms with Crippen molar-refractivity contribution in [3.05, 3.63) is 17.6 Å². The number of aromatic nitrogens is 2. The Bertz CT molecular complexity index is 408. The average Bonchev–Trinajstić information content (AvgIpc) is 2.68. The van der Waals surface area contributed by atoms with Crippen molar-refractivity contribution in [2.75, 3.05) is 5.73 Å². The van der Waals surface area contributed by atoms with Crippen molar-refractivity contribution in [2.45, 2.75) is 38.5 Å². The molecule has 92 valence electrons. The molecule has 0 spiro atoms. The molecule has 17 heavy (non-hydrogen) atoms. The van der Waals surface area contributed by atoms with Crippen LogP contribution in [-0.4, -0.2) is 21.0 Å². The molecule has 0 radical (unpaired) electrons. The van der Waals surface area contributed by atoms with Crippen LogP contribution in [0.25, 0.3) is 0 Å². The maximum atomic E-state index is 11.4. The van der Waals surface area contributed by atoms with Crippen molar-refractivity contribution < 1.29 is 9.90 Å². The molecule has 1 aromatic heterocycles. The molecule has 1 aliphatic carbocycles. The van der Waals surface area contributed by atoms with Crippen LogP contribution in [-0.2, 0) is 4.79 Å². The van der Waals surface area contributed by atoms with Crippen LogP contribution >= 0.6 is 0 Å². The Morgan fingerprint density at radius 1 is 1.47 bits per heavy atom. The van der Waals surface area contributed by atoms with Gasteiger partial charge in [0.25, 0.3) is 0 Å². The van der Waals surface area contributed by atoms with Gasteiger partial charge in [-0.2, -0.15) is 0 Å². The molecule has 1 atom stereocenters. The molecule has 1 aromatic rings. The van der Waals surface area contributed by atoms with E-state index in [2.05, 4.69) is 9.97 Å². The summed E-state index contributed by atoms with van der Waals surface area (Å²) in [4.78, 5) is 19.6. The summed E-state index contributed by atoms with van der Waals surface area (Å²) in [6.07, 6.45) is 4.13. The van der Waals surface area contributed by atoms with E-state index in [-0.39, 0.29) is 5.92 Å². The molecule has 0 aromatic carbocycles. The highest BCUT2D eigenvalue weighted by atomic mass is 16.4. The van der Waals surface area contributed by atoms with Gasteiger partial charge in [-0.1, -0.05) is 12.8 Å². The zero-order valence-electron chi connectivity index (χ0n) is 9.89. The van der Waals surface area contributed by atoms with Gasteiger partial charge >= 0.3 is 5.97 Å². The number of carboxylic acid groups (broad SMARTS) is 1. The summed E-state index contributed by atoms with van der Waals surface area (Å²) in [7, 11) is 0. The highest BCUT2D eigenvalue weighted by Crippen LogP contribution is 2.37. The number of anilines is 1. The molecule has 0 bridgehead atoms. The number of nitrogen functional groups attached to an aromatic ring is 1. The lowest BCUT2D eigenvalue weighted by Crippen LogP contribution is -2.21. The van der Waals surface area contributed by atoms with Crippen molar-refractivity contribution in [3.8, 4) is 0 Å². The monoisotopic (exact) mass is 235 g/mol. The molecule has 3 N–H and O–H groups in total. The third-order valence-electron chi connectivity index (χ3n) is 3.33. The van der Waals surface area contributed by atoms with Crippen LogP contribution in [0.1, 0.15) is 43.1 Å². The van der Waals surface area contributed by atoms with Crippen LogP contribution in [0.2, 0.25) is 0 Å². The molecule has 2 rings (SSSR count). The van der Waals surface area contributed by atoms with E-state index in [9.17, 15) is 9.90 Å². The normalized spacial score (nSPS) is 18.2. The molecule has 1 unspecified atom stereocenters. The Hall–Kier alpha value is -1.65. The number of carbonyl (C=O) groups is 1. The summed E-state index contributed by atoms with van der Waals surface area (Å²) in [6.45, 7) is 1.73. The molecule has 1 heterocycles. The Labute approximate surface area is 100 Å². The molecule has 1 fully saturated rings. The quantitative estimate of drug-likeness (QED) is 0.832. The van der Waals surface area contributed by atoms with Gasteiger partial charge in [-0.25, -0.2) is 9.97 Å². The van der Waals surface area contributed by atoms with Gasteiger partial charge in [-0.15, -0.1) is 0 Å². The van der Waals surface area contributed by atoms with Crippen molar-refractivity contribution in [1.29, 1.82) is 0 Å². The number of rotatable bonds is 3. The van der Waals surface area contributed by atoms with Gasteiger partial charge in [-0.05, 0) is 25.7 Å². The van der Waals surface area contributed by atoms with Crippen LogP contribution in [0.5, 0.6) is 0 Å². The predicted molar refractivity (Wildman–Crippen MR) is 63.5 cm³/mol. The van der Waals surface area contributed by atoms with Gasteiger partial charge in [0.2, 0.25) is 0 Å². The van der Waals surface area contributed by atoms with E-state index in [1.807, 2.05) is 0 Å². The lowest BCUT2D eigenvalue weighted by atomic mass is 9.88. The van der Waals surface area contributed by atoms with Crippen LogP contribution in [0.3, 0.4) is 0 Å². The van der Waals surface area contributed by atoms with E-state index < -0.39 is 11.9 Å². The van der Waals surface area contributed by atoms with Gasteiger partial charge in [-0.3, -0.25) is 4.79 Å². The van der Waals surface area contributed by atoms with E-state index in [4.69, 9.17) is 5.73 Å². The zero-order valence-corrected chi connectivity index (χ0v) is 9.89. The Morgan fingerprint density at radius 3 is 2.65 bits per heavy atom. The number of nitrogens with two attached hydrogens (primary N) is 1. The number of hydrogen-bond acceptors (Lipinski definition) is 4. The highest BCUT2D eigenvalue weighted by Gasteiger charge is 2.33. The number of aliphatic carboxylic acids is 1. The molecule has 5 nitrogen and oxygen atoms in total. The topological polar surface area (TPSA) is 89.1 Å². The Morgan fingerprint density at radius 2 is 2.12 bits per heavy atom. The van der Waals surface area contributed by atoms with E-state index in [0.717, 1.165) is 25.7 Å². The van der Waals surface area contributed by atoms with Crippen LogP contribution < -0.4 is 5.73 Å². The van der Waals surface area contributed by atoms with E-state index in [1.165, 1.54) is 0 Å². The van der Waals surface area contributed by atoms with Crippen molar-refractivity contribution in [1.82, 2.24) is 9.97 Å². The van der Waals surface area contributed by atoms with Crippen LogP contribution in [0.15, 0.2) is 6.07 Å². The van der Waals surface area contributed by atoms with Gasteiger partial charge in [0.1, 0.15) is 17.6 Å². The summed E-state index contributed by atoms with van der Waals surface area (Å²) in [5.41, 5.74) is 6.20. The van der Waals surface area contributed by atoms with Gasteiger partial charge in [0.15, 0.2) is 0 Å². The first kappa shape index (κ1) is 11.8. The second kappa shape index (κ2) is 4.69. The molecule has 1 aliphatic rings. The number of aryl methyl sites for hydroxylation is 1. The highest BCUT2D eigenvalue weighted by molar-refractivity contribution is 5.76. The largest absolute Gasteiger partial charge is 0.481 e. The predicted octanol–water partition coefficient (Wildman–Crippen LogP) is 1.73. The fourth-order valence-electron chi connectivity index (χ4n) is 2.63. The fourth-order valence-corrected chi connectivity index (χ4v) is 2.63. The summed E-state index contributed by atoms with van der Waals surface area (Å²) in [5, 5.41) is 9.37. The number of carboxylic acids is 1. The third kappa shape index (κ3) is 2.54. The lowest BCUT2D eigenvalue weighted by molar-refractivity contribution is -0.140. The first-order valence-corrected chi connectivity index (χ1v) is 5.92. The van der Waals surface area contributed by atoms with E-state index in [0.29, 0.717) is 17.3 Å². The summed E-state index contributed by atoms with van der Waals surface area (Å²) < 4.78 is 0. The molecule has 1 saturated carbocycles. The van der Waals surface area contributed by atoms with Crippen LogP contribution in [0, 0.1) is 12.8 Å².